The molecule has 120 valence electrons. The molecule has 3 nitrogen and oxygen atoms in total. The number of ether oxygens (including phenoxy) is 2. The van der Waals surface area contributed by atoms with Crippen molar-refractivity contribution in [2.24, 2.45) is 11.8 Å². The van der Waals surface area contributed by atoms with Crippen molar-refractivity contribution in [3.8, 4) is 0 Å². The second kappa shape index (κ2) is 5.33. The summed E-state index contributed by atoms with van der Waals surface area (Å²) in [5.74, 6) is 0.337. The number of aliphatic hydroxyl groups is 1. The van der Waals surface area contributed by atoms with Crippen LogP contribution in [0.5, 0.6) is 0 Å². The smallest absolute Gasteiger partial charge is 0.171 e. The van der Waals surface area contributed by atoms with Crippen molar-refractivity contribution >= 4 is 0 Å². The van der Waals surface area contributed by atoms with Gasteiger partial charge in [-0.15, -0.1) is 0 Å². The summed E-state index contributed by atoms with van der Waals surface area (Å²) >= 11 is 0. The summed E-state index contributed by atoms with van der Waals surface area (Å²) in [4.78, 5) is 0. The van der Waals surface area contributed by atoms with Gasteiger partial charge < -0.3 is 14.6 Å². The van der Waals surface area contributed by atoms with Gasteiger partial charge in [0.1, 0.15) is 0 Å². The summed E-state index contributed by atoms with van der Waals surface area (Å²) in [6.07, 6.45) is 4.74. The van der Waals surface area contributed by atoms with Crippen LogP contribution in [0.2, 0.25) is 0 Å². The lowest BCUT2D eigenvalue weighted by molar-refractivity contribution is -0.246. The fourth-order valence-corrected chi connectivity index (χ4v) is 5.43. The highest BCUT2D eigenvalue weighted by Gasteiger charge is 2.60. The molecule has 0 radical (unpaired) electrons. The van der Waals surface area contributed by atoms with Gasteiger partial charge in [0, 0.05) is 17.8 Å². The summed E-state index contributed by atoms with van der Waals surface area (Å²) in [6.45, 7) is 3.68. The van der Waals surface area contributed by atoms with E-state index in [1.54, 1.807) is 0 Å². The first-order chi connectivity index (χ1) is 10.7. The van der Waals surface area contributed by atoms with Gasteiger partial charge in [-0.3, -0.25) is 0 Å². The number of benzene rings is 1. The molecule has 1 aromatic rings. The zero-order valence-corrected chi connectivity index (χ0v) is 13.3. The van der Waals surface area contributed by atoms with Crippen LogP contribution in [0.25, 0.3) is 0 Å². The Hall–Kier alpha value is -0.900. The fourth-order valence-electron chi connectivity index (χ4n) is 5.43. The third kappa shape index (κ3) is 1.92. The van der Waals surface area contributed by atoms with Crippen LogP contribution >= 0.6 is 0 Å². The topological polar surface area (TPSA) is 38.7 Å². The van der Waals surface area contributed by atoms with Crippen LogP contribution in [0.3, 0.4) is 0 Å². The van der Waals surface area contributed by atoms with E-state index < -0.39 is 5.79 Å². The Kier molecular flexibility index (Phi) is 3.55. The van der Waals surface area contributed by atoms with Crippen LogP contribution in [0.15, 0.2) is 30.3 Å². The molecule has 3 aliphatic rings. The summed E-state index contributed by atoms with van der Waals surface area (Å²) < 4.78 is 12.1. The average molecular weight is 302 g/mol. The monoisotopic (exact) mass is 302 g/mol. The maximum atomic E-state index is 11.0. The van der Waals surface area contributed by atoms with Gasteiger partial charge in [-0.2, -0.15) is 0 Å². The molecule has 0 unspecified atom stereocenters. The lowest BCUT2D eigenvalue weighted by Gasteiger charge is -2.57. The predicted octanol–water partition coefficient (Wildman–Crippen LogP) is 3.26. The molecule has 22 heavy (non-hydrogen) atoms. The van der Waals surface area contributed by atoms with E-state index in [2.05, 4.69) is 37.3 Å². The van der Waals surface area contributed by atoms with Gasteiger partial charge in [0.2, 0.25) is 0 Å². The Bertz CT molecular complexity index is 523. The molecule has 2 saturated carbocycles. The molecule has 0 bridgehead atoms. The fraction of sp³-hybridized carbons (Fsp3) is 0.684. The van der Waals surface area contributed by atoms with Crippen molar-refractivity contribution in [3.63, 3.8) is 0 Å². The molecule has 4 rings (SSSR count). The number of rotatable bonds is 1. The maximum Gasteiger partial charge on any atom is 0.171 e. The zero-order valence-electron chi connectivity index (χ0n) is 13.3. The zero-order chi connectivity index (χ0) is 15.2. The van der Waals surface area contributed by atoms with Crippen LogP contribution in [0.1, 0.15) is 44.6 Å². The van der Waals surface area contributed by atoms with Gasteiger partial charge in [0.15, 0.2) is 5.79 Å². The second-order valence-electron chi connectivity index (χ2n) is 7.26. The predicted molar refractivity (Wildman–Crippen MR) is 84.5 cm³/mol. The van der Waals surface area contributed by atoms with E-state index in [1.807, 2.05) is 0 Å². The SMILES string of the molecule is C[C@@H]1[C@H]2CCC[C@@H](O)[C@]2(c2ccccc2)CCC12OCCO2. The molecule has 1 spiro atoms. The second-order valence-corrected chi connectivity index (χ2v) is 7.26. The van der Waals surface area contributed by atoms with Crippen molar-refractivity contribution in [2.75, 3.05) is 13.2 Å². The molecular weight excluding hydrogens is 276 g/mol. The molecule has 3 heteroatoms. The molecule has 1 saturated heterocycles. The highest BCUT2D eigenvalue weighted by Crippen LogP contribution is 2.58. The minimum Gasteiger partial charge on any atom is -0.392 e. The summed E-state index contributed by atoms with van der Waals surface area (Å²) in [5, 5.41) is 11.0. The first-order valence-corrected chi connectivity index (χ1v) is 8.70. The van der Waals surface area contributed by atoms with Crippen LogP contribution in [-0.2, 0) is 14.9 Å². The number of aliphatic hydroxyl groups excluding tert-OH is 1. The van der Waals surface area contributed by atoms with E-state index in [0.717, 1.165) is 32.1 Å². The van der Waals surface area contributed by atoms with Crippen molar-refractivity contribution in [3.05, 3.63) is 35.9 Å². The Morgan fingerprint density at radius 3 is 2.50 bits per heavy atom. The van der Waals surface area contributed by atoms with Crippen LogP contribution in [0.4, 0.5) is 0 Å². The van der Waals surface area contributed by atoms with Gasteiger partial charge in [-0.05, 0) is 30.7 Å². The Balaban J connectivity index is 1.77. The standard InChI is InChI=1S/C19H26O3/c1-14-16-8-5-9-17(20)18(16,15-6-3-2-4-7-15)10-11-19(14)21-12-13-22-19/h2-4,6-7,14,16-17,20H,5,8-13H2,1H3/t14-,16-,17-,18+/m1/s1. The van der Waals surface area contributed by atoms with E-state index in [9.17, 15) is 5.11 Å². The third-order valence-electron chi connectivity index (χ3n) is 6.52. The lowest BCUT2D eigenvalue weighted by atomic mass is 9.51. The summed E-state index contributed by atoms with van der Waals surface area (Å²) in [7, 11) is 0. The normalized spacial score (nSPS) is 40.5. The molecule has 3 fully saturated rings. The van der Waals surface area contributed by atoms with Gasteiger partial charge in [-0.1, -0.05) is 43.7 Å². The molecule has 1 heterocycles. The van der Waals surface area contributed by atoms with Crippen LogP contribution < -0.4 is 0 Å². The highest BCUT2D eigenvalue weighted by atomic mass is 16.7. The highest BCUT2D eigenvalue weighted by molar-refractivity contribution is 5.31. The van der Waals surface area contributed by atoms with E-state index in [1.165, 1.54) is 5.56 Å². The number of hydrogen-bond acceptors (Lipinski definition) is 3. The molecule has 1 aliphatic heterocycles. The molecule has 1 N–H and O–H groups in total. The number of hydrogen-bond donors (Lipinski definition) is 1. The van der Waals surface area contributed by atoms with E-state index >= 15 is 0 Å². The Labute approximate surface area is 132 Å². The van der Waals surface area contributed by atoms with Crippen molar-refractivity contribution in [2.45, 2.75) is 56.3 Å². The summed E-state index contributed by atoms with van der Waals surface area (Å²) in [5.41, 5.74) is 1.17. The third-order valence-corrected chi connectivity index (χ3v) is 6.52. The van der Waals surface area contributed by atoms with E-state index in [0.29, 0.717) is 25.0 Å². The van der Waals surface area contributed by atoms with E-state index in [-0.39, 0.29) is 11.5 Å². The van der Waals surface area contributed by atoms with Crippen molar-refractivity contribution < 1.29 is 14.6 Å². The van der Waals surface area contributed by atoms with Gasteiger partial charge in [-0.25, -0.2) is 0 Å². The summed E-state index contributed by atoms with van der Waals surface area (Å²) in [6, 6.07) is 10.6. The van der Waals surface area contributed by atoms with Gasteiger partial charge in [0.05, 0.1) is 19.3 Å². The number of fused-ring (bicyclic) bond motifs is 1. The van der Waals surface area contributed by atoms with Crippen molar-refractivity contribution in [1.29, 1.82) is 0 Å². The molecule has 1 aromatic carbocycles. The van der Waals surface area contributed by atoms with Crippen molar-refractivity contribution in [1.82, 2.24) is 0 Å². The maximum absolute atomic E-state index is 11.0. The van der Waals surface area contributed by atoms with Gasteiger partial charge in [0.25, 0.3) is 0 Å². The molecule has 0 aromatic heterocycles. The molecule has 4 atom stereocenters. The average Bonchev–Trinajstić information content (AvgIpc) is 3.03. The van der Waals surface area contributed by atoms with E-state index in [4.69, 9.17) is 9.47 Å². The minimum atomic E-state index is -0.403. The molecule has 0 amide bonds. The first-order valence-electron chi connectivity index (χ1n) is 8.70. The lowest BCUT2D eigenvalue weighted by Crippen LogP contribution is -2.60. The quantitative estimate of drug-likeness (QED) is 0.865. The van der Waals surface area contributed by atoms with Crippen LogP contribution in [0, 0.1) is 11.8 Å². The molecule has 2 aliphatic carbocycles. The first kappa shape index (κ1) is 14.7. The largest absolute Gasteiger partial charge is 0.392 e. The molecular formula is C19H26O3. The Morgan fingerprint density at radius 1 is 1.05 bits per heavy atom. The minimum absolute atomic E-state index is 0.126. The van der Waals surface area contributed by atoms with Crippen LogP contribution in [-0.4, -0.2) is 30.2 Å². The Morgan fingerprint density at radius 2 is 1.77 bits per heavy atom. The van der Waals surface area contributed by atoms with Gasteiger partial charge >= 0.3 is 0 Å².